The summed E-state index contributed by atoms with van der Waals surface area (Å²) in [7, 11) is 0. The van der Waals surface area contributed by atoms with Crippen LogP contribution in [0.1, 0.15) is 23.6 Å². The Morgan fingerprint density at radius 2 is 1.15 bits per heavy atom. The topological polar surface area (TPSA) is 36.9 Å². The van der Waals surface area contributed by atoms with Gasteiger partial charge < -0.3 is 18.9 Å². The molecule has 0 aromatic heterocycles. The maximum Gasteiger partial charge on any atom is 0.132 e. The summed E-state index contributed by atoms with van der Waals surface area (Å²) < 4.78 is 25.3. The van der Waals surface area contributed by atoms with Crippen LogP contribution >= 0.6 is 11.8 Å². The summed E-state index contributed by atoms with van der Waals surface area (Å²) in [6.07, 6.45) is -0.583. The molecule has 0 amide bonds. The molecule has 4 atom stereocenters. The van der Waals surface area contributed by atoms with Crippen molar-refractivity contribution in [2.45, 2.75) is 50.5 Å². The second-order valence-electron chi connectivity index (χ2n) is 8.02. The van der Waals surface area contributed by atoms with E-state index in [9.17, 15) is 0 Å². The van der Waals surface area contributed by atoms with Crippen LogP contribution in [0.5, 0.6) is 0 Å². The summed E-state index contributed by atoms with van der Waals surface area (Å²) in [5, 5.41) is 0. The largest absolute Gasteiger partial charge is 0.374 e. The average molecular weight is 465 g/mol. The van der Waals surface area contributed by atoms with Gasteiger partial charge >= 0.3 is 0 Å². The Morgan fingerprint density at radius 1 is 0.667 bits per heavy atom. The molecular formula is C28H32O4S. The minimum Gasteiger partial charge on any atom is -0.374 e. The zero-order valence-electron chi connectivity index (χ0n) is 19.0. The third-order valence-electron chi connectivity index (χ3n) is 5.56. The van der Waals surface area contributed by atoms with E-state index in [-0.39, 0.29) is 23.7 Å². The Balaban J connectivity index is 1.44. The van der Waals surface area contributed by atoms with E-state index in [1.165, 1.54) is 0 Å². The van der Waals surface area contributed by atoms with Crippen molar-refractivity contribution < 1.29 is 18.9 Å². The lowest BCUT2D eigenvalue weighted by atomic mass is 10.1. The van der Waals surface area contributed by atoms with E-state index < -0.39 is 0 Å². The molecule has 174 valence electrons. The van der Waals surface area contributed by atoms with Gasteiger partial charge in [0.1, 0.15) is 23.7 Å². The smallest absolute Gasteiger partial charge is 0.132 e. The van der Waals surface area contributed by atoms with Crippen LogP contribution in [0.3, 0.4) is 0 Å². The summed E-state index contributed by atoms with van der Waals surface area (Å²) in [6, 6.07) is 30.7. The summed E-state index contributed by atoms with van der Waals surface area (Å²) in [4.78, 5) is 0. The molecule has 0 spiro atoms. The molecule has 4 nitrogen and oxygen atoms in total. The molecule has 4 rings (SSSR count). The van der Waals surface area contributed by atoms with Gasteiger partial charge in [-0.3, -0.25) is 0 Å². The predicted molar refractivity (Wildman–Crippen MR) is 133 cm³/mol. The normalized spacial score (nSPS) is 22.5. The van der Waals surface area contributed by atoms with Crippen molar-refractivity contribution in [2.75, 3.05) is 12.4 Å². The molecular weight excluding hydrogens is 432 g/mol. The summed E-state index contributed by atoms with van der Waals surface area (Å²) in [5.74, 6) is 0.943. The Hall–Kier alpha value is -2.15. The van der Waals surface area contributed by atoms with Gasteiger partial charge in [-0.05, 0) is 22.4 Å². The van der Waals surface area contributed by atoms with Gasteiger partial charge in [0.15, 0.2) is 0 Å². The number of hydrogen-bond acceptors (Lipinski definition) is 5. The fraction of sp³-hybridized carbons (Fsp3) is 0.357. The highest BCUT2D eigenvalue weighted by molar-refractivity contribution is 7.99. The van der Waals surface area contributed by atoms with Crippen molar-refractivity contribution >= 4 is 11.8 Å². The molecule has 3 aromatic carbocycles. The molecule has 3 aromatic rings. The van der Waals surface area contributed by atoms with Gasteiger partial charge in [0.25, 0.3) is 0 Å². The minimum atomic E-state index is -0.214. The highest BCUT2D eigenvalue weighted by Crippen LogP contribution is 2.34. The molecule has 33 heavy (non-hydrogen) atoms. The first-order chi connectivity index (χ1) is 16.3. The number of thioether (sulfide) groups is 1. The molecule has 5 heteroatoms. The first-order valence-electron chi connectivity index (χ1n) is 11.5. The standard InChI is InChI=1S/C28H32O4S/c1-2-33-28-27(31-20-24-16-10-5-11-17-24)26(30-19-23-14-8-4-9-15-23)25(32-28)21-29-18-22-12-6-3-7-13-22/h3-17,25-28H,2,18-21H2,1H3/t25-,26-,27+,28+/m1/s1. The van der Waals surface area contributed by atoms with Crippen molar-refractivity contribution in [3.8, 4) is 0 Å². The molecule has 1 saturated heterocycles. The Bertz CT molecular complexity index is 922. The van der Waals surface area contributed by atoms with E-state index in [2.05, 4.69) is 43.3 Å². The second kappa shape index (κ2) is 12.9. The van der Waals surface area contributed by atoms with Gasteiger partial charge in [-0.2, -0.15) is 0 Å². The summed E-state index contributed by atoms with van der Waals surface area (Å²) >= 11 is 1.76. The first-order valence-corrected chi connectivity index (χ1v) is 12.6. The highest BCUT2D eigenvalue weighted by Gasteiger charge is 2.46. The number of rotatable bonds is 12. The van der Waals surface area contributed by atoms with Gasteiger partial charge in [0, 0.05) is 0 Å². The van der Waals surface area contributed by atoms with Gasteiger partial charge in [-0.1, -0.05) is 97.9 Å². The zero-order valence-corrected chi connectivity index (χ0v) is 19.9. The first kappa shape index (κ1) is 24.0. The Kier molecular flexibility index (Phi) is 9.39. The monoisotopic (exact) mass is 464 g/mol. The number of hydrogen-bond donors (Lipinski definition) is 0. The van der Waals surface area contributed by atoms with Crippen LogP contribution in [0, 0.1) is 0 Å². The van der Waals surface area contributed by atoms with Gasteiger partial charge in [-0.25, -0.2) is 0 Å². The van der Waals surface area contributed by atoms with Crippen LogP contribution in [-0.4, -0.2) is 36.1 Å². The van der Waals surface area contributed by atoms with E-state index in [0.29, 0.717) is 26.4 Å². The second-order valence-corrected chi connectivity index (χ2v) is 9.40. The third-order valence-corrected chi connectivity index (χ3v) is 6.60. The summed E-state index contributed by atoms with van der Waals surface area (Å²) in [6.45, 7) is 4.19. The van der Waals surface area contributed by atoms with Crippen molar-refractivity contribution in [1.29, 1.82) is 0 Å². The summed E-state index contributed by atoms with van der Waals surface area (Å²) in [5.41, 5.74) is 3.33. The number of benzene rings is 3. The molecule has 1 heterocycles. The van der Waals surface area contributed by atoms with Gasteiger partial charge in [0.05, 0.1) is 26.4 Å². The van der Waals surface area contributed by atoms with Crippen LogP contribution in [0.2, 0.25) is 0 Å². The molecule has 1 fully saturated rings. The lowest BCUT2D eigenvalue weighted by Crippen LogP contribution is -2.38. The molecule has 1 aliphatic heterocycles. The van der Waals surface area contributed by atoms with Crippen LogP contribution < -0.4 is 0 Å². The molecule has 0 aliphatic carbocycles. The minimum absolute atomic E-state index is 0.0928. The van der Waals surface area contributed by atoms with Gasteiger partial charge in [0.2, 0.25) is 0 Å². The maximum atomic E-state index is 6.44. The SMILES string of the molecule is CCS[C@@H]1O[C@H](COCc2ccccc2)[C@@H](OCc2ccccc2)[C@@H]1OCc1ccccc1. The van der Waals surface area contributed by atoms with E-state index in [0.717, 1.165) is 22.4 Å². The van der Waals surface area contributed by atoms with Crippen LogP contribution in [0.15, 0.2) is 91.0 Å². The van der Waals surface area contributed by atoms with Crippen molar-refractivity contribution in [1.82, 2.24) is 0 Å². The van der Waals surface area contributed by atoms with Crippen LogP contribution in [0.25, 0.3) is 0 Å². The van der Waals surface area contributed by atoms with Crippen LogP contribution in [0.4, 0.5) is 0 Å². The van der Waals surface area contributed by atoms with Crippen molar-refractivity contribution in [3.05, 3.63) is 108 Å². The third kappa shape index (κ3) is 7.16. The highest BCUT2D eigenvalue weighted by atomic mass is 32.2. The lowest BCUT2D eigenvalue weighted by molar-refractivity contribution is -0.0895. The van der Waals surface area contributed by atoms with E-state index in [1.54, 1.807) is 11.8 Å². The van der Waals surface area contributed by atoms with Crippen LogP contribution in [-0.2, 0) is 38.8 Å². The Labute approximate surface area is 201 Å². The fourth-order valence-corrected chi connectivity index (χ4v) is 4.88. The molecule has 0 N–H and O–H groups in total. The fourth-order valence-electron chi connectivity index (χ4n) is 3.90. The molecule has 0 saturated carbocycles. The average Bonchev–Trinajstić information content (AvgIpc) is 3.19. The van der Waals surface area contributed by atoms with E-state index >= 15 is 0 Å². The predicted octanol–water partition coefficient (Wildman–Crippen LogP) is 5.85. The zero-order chi connectivity index (χ0) is 22.7. The molecule has 1 aliphatic rings. The molecule has 0 radical (unpaired) electrons. The van der Waals surface area contributed by atoms with Crippen molar-refractivity contribution in [2.24, 2.45) is 0 Å². The Morgan fingerprint density at radius 3 is 1.67 bits per heavy atom. The maximum absolute atomic E-state index is 6.44. The quantitative estimate of drug-likeness (QED) is 0.336. The van der Waals surface area contributed by atoms with E-state index in [1.807, 2.05) is 54.6 Å². The molecule has 0 bridgehead atoms. The van der Waals surface area contributed by atoms with E-state index in [4.69, 9.17) is 18.9 Å². The molecule has 0 unspecified atom stereocenters. The lowest BCUT2D eigenvalue weighted by Gasteiger charge is -2.25. The number of ether oxygens (including phenoxy) is 4. The van der Waals surface area contributed by atoms with Crippen molar-refractivity contribution in [3.63, 3.8) is 0 Å². The van der Waals surface area contributed by atoms with Gasteiger partial charge in [-0.15, -0.1) is 11.8 Å².